The zero-order chi connectivity index (χ0) is 11.5. The monoisotopic (exact) mass is 223 g/mol. The molecular weight excluding hydrogens is 202 g/mol. The number of rotatable bonds is 3. The van der Waals surface area contributed by atoms with Crippen molar-refractivity contribution < 1.29 is 4.74 Å². The number of hydrogen-bond acceptors (Lipinski definition) is 3. The summed E-state index contributed by atoms with van der Waals surface area (Å²) < 4.78 is 7.51. The molecule has 1 aliphatic heterocycles. The standard InChI is InChI=1S/C12H21N3O/c1-3-15-12(9(2)13)7-11(14-15)10-5-4-6-16-8-10/h7,9-10H,3-6,8,13H2,1-2H3/t9-,10?/m0/s1. The number of ether oxygens (including phenoxy) is 1. The van der Waals surface area contributed by atoms with Crippen LogP contribution < -0.4 is 5.73 Å². The summed E-state index contributed by atoms with van der Waals surface area (Å²) in [6, 6.07) is 2.19. The van der Waals surface area contributed by atoms with Gasteiger partial charge in [0, 0.05) is 25.1 Å². The highest BCUT2D eigenvalue weighted by molar-refractivity contribution is 5.17. The Bertz CT molecular complexity index is 340. The van der Waals surface area contributed by atoms with Gasteiger partial charge in [0.25, 0.3) is 0 Å². The van der Waals surface area contributed by atoms with E-state index in [-0.39, 0.29) is 6.04 Å². The van der Waals surface area contributed by atoms with Crippen molar-refractivity contribution in [3.8, 4) is 0 Å². The summed E-state index contributed by atoms with van der Waals surface area (Å²) in [5.41, 5.74) is 8.22. The van der Waals surface area contributed by atoms with Crippen LogP contribution >= 0.6 is 0 Å². The van der Waals surface area contributed by atoms with Gasteiger partial charge >= 0.3 is 0 Å². The Morgan fingerprint density at radius 2 is 2.50 bits per heavy atom. The molecule has 2 rings (SSSR count). The fourth-order valence-electron chi connectivity index (χ4n) is 2.25. The van der Waals surface area contributed by atoms with Crippen LogP contribution in [0.2, 0.25) is 0 Å². The van der Waals surface area contributed by atoms with Crippen LogP contribution in [0.25, 0.3) is 0 Å². The average Bonchev–Trinajstić information content (AvgIpc) is 2.74. The molecule has 0 aliphatic carbocycles. The molecule has 1 fully saturated rings. The maximum absolute atomic E-state index is 5.94. The van der Waals surface area contributed by atoms with E-state index in [9.17, 15) is 0 Å². The Morgan fingerprint density at radius 1 is 1.69 bits per heavy atom. The zero-order valence-electron chi connectivity index (χ0n) is 10.1. The van der Waals surface area contributed by atoms with Gasteiger partial charge in [0.15, 0.2) is 0 Å². The van der Waals surface area contributed by atoms with Crippen molar-refractivity contribution in [3.63, 3.8) is 0 Å². The first kappa shape index (κ1) is 11.6. The molecule has 0 aromatic carbocycles. The third-order valence-corrected chi connectivity index (χ3v) is 3.17. The first-order valence-electron chi connectivity index (χ1n) is 6.13. The topological polar surface area (TPSA) is 53.1 Å². The normalized spacial score (nSPS) is 23.3. The average molecular weight is 223 g/mol. The number of nitrogens with zero attached hydrogens (tertiary/aromatic N) is 2. The van der Waals surface area contributed by atoms with E-state index >= 15 is 0 Å². The Hall–Kier alpha value is -0.870. The lowest BCUT2D eigenvalue weighted by Crippen LogP contribution is -2.16. The lowest BCUT2D eigenvalue weighted by atomic mass is 9.98. The number of aryl methyl sites for hydroxylation is 1. The molecule has 1 aromatic heterocycles. The maximum Gasteiger partial charge on any atom is 0.0682 e. The van der Waals surface area contributed by atoms with E-state index in [4.69, 9.17) is 10.5 Å². The number of hydrogen-bond donors (Lipinski definition) is 1. The van der Waals surface area contributed by atoms with Crippen LogP contribution in [0.1, 0.15) is 50.0 Å². The minimum Gasteiger partial charge on any atom is -0.381 e. The SMILES string of the molecule is CCn1nc(C2CCCOC2)cc1[C@H](C)N. The quantitative estimate of drug-likeness (QED) is 0.850. The van der Waals surface area contributed by atoms with Crippen LogP contribution in [-0.2, 0) is 11.3 Å². The fraction of sp³-hybridized carbons (Fsp3) is 0.750. The summed E-state index contributed by atoms with van der Waals surface area (Å²) in [4.78, 5) is 0. The van der Waals surface area contributed by atoms with Crippen molar-refractivity contribution >= 4 is 0 Å². The molecule has 0 saturated carbocycles. The van der Waals surface area contributed by atoms with Crippen molar-refractivity contribution in [3.05, 3.63) is 17.5 Å². The number of nitrogens with two attached hydrogens (primary N) is 1. The van der Waals surface area contributed by atoms with Crippen LogP contribution in [-0.4, -0.2) is 23.0 Å². The zero-order valence-corrected chi connectivity index (χ0v) is 10.1. The molecule has 1 aliphatic rings. The van der Waals surface area contributed by atoms with Crippen LogP contribution in [0.15, 0.2) is 6.07 Å². The van der Waals surface area contributed by atoms with Crippen molar-refractivity contribution in [2.24, 2.45) is 5.73 Å². The summed E-state index contributed by atoms with van der Waals surface area (Å²) in [5, 5.41) is 4.63. The van der Waals surface area contributed by atoms with E-state index in [2.05, 4.69) is 18.1 Å². The van der Waals surface area contributed by atoms with Crippen LogP contribution in [0.5, 0.6) is 0 Å². The maximum atomic E-state index is 5.94. The molecule has 0 amide bonds. The summed E-state index contributed by atoms with van der Waals surface area (Å²) in [6.45, 7) is 6.68. The van der Waals surface area contributed by atoms with E-state index in [1.807, 2.05) is 11.6 Å². The van der Waals surface area contributed by atoms with E-state index < -0.39 is 0 Å². The van der Waals surface area contributed by atoms with Crippen LogP contribution in [0.4, 0.5) is 0 Å². The Morgan fingerprint density at radius 3 is 3.00 bits per heavy atom. The summed E-state index contributed by atoms with van der Waals surface area (Å²) in [5.74, 6) is 0.457. The molecule has 16 heavy (non-hydrogen) atoms. The molecule has 0 radical (unpaired) electrons. The molecule has 0 spiro atoms. The first-order chi connectivity index (χ1) is 7.72. The summed E-state index contributed by atoms with van der Waals surface area (Å²) >= 11 is 0. The third-order valence-electron chi connectivity index (χ3n) is 3.17. The van der Waals surface area contributed by atoms with Gasteiger partial charge in [0.2, 0.25) is 0 Å². The van der Waals surface area contributed by atoms with E-state index in [0.29, 0.717) is 5.92 Å². The molecule has 90 valence electrons. The van der Waals surface area contributed by atoms with E-state index in [0.717, 1.165) is 37.6 Å². The van der Waals surface area contributed by atoms with Gasteiger partial charge in [0.05, 0.1) is 18.0 Å². The van der Waals surface area contributed by atoms with Gasteiger partial charge in [-0.3, -0.25) is 4.68 Å². The molecule has 2 heterocycles. The Labute approximate surface area is 96.8 Å². The second-order valence-electron chi connectivity index (χ2n) is 4.51. The second-order valence-corrected chi connectivity index (χ2v) is 4.51. The lowest BCUT2D eigenvalue weighted by Gasteiger charge is -2.19. The van der Waals surface area contributed by atoms with Gasteiger partial charge in [-0.05, 0) is 32.8 Å². The summed E-state index contributed by atoms with van der Waals surface area (Å²) in [7, 11) is 0. The van der Waals surface area contributed by atoms with E-state index in [1.54, 1.807) is 0 Å². The predicted octanol–water partition coefficient (Wildman–Crippen LogP) is 1.82. The summed E-state index contributed by atoms with van der Waals surface area (Å²) in [6.07, 6.45) is 2.32. The molecule has 1 saturated heterocycles. The Kier molecular flexibility index (Phi) is 3.61. The second kappa shape index (κ2) is 4.97. The van der Waals surface area contributed by atoms with Gasteiger partial charge in [-0.2, -0.15) is 5.10 Å². The van der Waals surface area contributed by atoms with Crippen molar-refractivity contribution in [2.45, 2.75) is 45.2 Å². The van der Waals surface area contributed by atoms with Crippen LogP contribution in [0, 0.1) is 0 Å². The molecule has 0 bridgehead atoms. The highest BCUT2D eigenvalue weighted by Crippen LogP contribution is 2.26. The van der Waals surface area contributed by atoms with Gasteiger partial charge in [-0.25, -0.2) is 0 Å². The smallest absolute Gasteiger partial charge is 0.0682 e. The Balaban J connectivity index is 2.20. The highest BCUT2D eigenvalue weighted by Gasteiger charge is 2.21. The minimum atomic E-state index is 0.0470. The molecule has 1 unspecified atom stereocenters. The molecule has 2 N–H and O–H groups in total. The third kappa shape index (κ3) is 2.28. The van der Waals surface area contributed by atoms with Gasteiger partial charge < -0.3 is 10.5 Å². The minimum absolute atomic E-state index is 0.0470. The van der Waals surface area contributed by atoms with Crippen molar-refractivity contribution in [1.82, 2.24) is 9.78 Å². The molecule has 2 atom stereocenters. The molecular formula is C12H21N3O. The number of aromatic nitrogens is 2. The lowest BCUT2D eigenvalue weighted by molar-refractivity contribution is 0.0791. The van der Waals surface area contributed by atoms with Crippen LogP contribution in [0.3, 0.4) is 0 Å². The van der Waals surface area contributed by atoms with Gasteiger partial charge in [-0.15, -0.1) is 0 Å². The fourth-order valence-corrected chi connectivity index (χ4v) is 2.25. The van der Waals surface area contributed by atoms with E-state index in [1.165, 1.54) is 6.42 Å². The van der Waals surface area contributed by atoms with Gasteiger partial charge in [-0.1, -0.05) is 0 Å². The van der Waals surface area contributed by atoms with Crippen molar-refractivity contribution in [2.75, 3.05) is 13.2 Å². The molecule has 4 nitrogen and oxygen atoms in total. The first-order valence-corrected chi connectivity index (χ1v) is 6.13. The predicted molar refractivity (Wildman–Crippen MR) is 63.3 cm³/mol. The molecule has 4 heteroatoms. The largest absolute Gasteiger partial charge is 0.381 e. The molecule has 1 aromatic rings. The van der Waals surface area contributed by atoms with Gasteiger partial charge in [0.1, 0.15) is 0 Å². The van der Waals surface area contributed by atoms with Crippen molar-refractivity contribution in [1.29, 1.82) is 0 Å². The highest BCUT2D eigenvalue weighted by atomic mass is 16.5.